The van der Waals surface area contributed by atoms with E-state index in [1.807, 2.05) is 0 Å². The first-order valence-electron chi connectivity index (χ1n) is 10.4. The first-order chi connectivity index (χ1) is 12.1. The maximum atomic E-state index is 13.5. The number of quaternary nitrogens is 2. The van der Waals surface area contributed by atoms with Crippen molar-refractivity contribution >= 4 is 5.78 Å². The highest BCUT2D eigenvalue weighted by molar-refractivity contribution is 5.92. The second kappa shape index (κ2) is 6.21. The fourth-order valence-corrected chi connectivity index (χ4v) is 6.52. The van der Waals surface area contributed by atoms with Crippen molar-refractivity contribution < 1.29 is 14.6 Å². The normalized spacial score (nSPS) is 39.2. The smallest absolute Gasteiger partial charge is 0.240 e. The zero-order chi connectivity index (χ0) is 17.7. The summed E-state index contributed by atoms with van der Waals surface area (Å²) in [5.41, 5.74) is 2.82. The van der Waals surface area contributed by atoms with Crippen molar-refractivity contribution in [2.45, 2.75) is 59.0 Å². The third kappa shape index (κ3) is 2.50. The van der Waals surface area contributed by atoms with E-state index in [1.165, 1.54) is 11.1 Å². The first-order valence-corrected chi connectivity index (χ1v) is 10.4. The lowest BCUT2D eigenvalue weighted by atomic mass is 9.57. The molecule has 4 saturated heterocycles. The topological polar surface area (TPSA) is 26.0 Å². The molecule has 0 radical (unpaired) electrons. The van der Waals surface area contributed by atoms with Gasteiger partial charge in [0.15, 0.2) is 5.78 Å². The van der Waals surface area contributed by atoms with E-state index in [0.717, 1.165) is 58.3 Å². The average molecular weight is 343 g/mol. The van der Waals surface area contributed by atoms with Crippen molar-refractivity contribution in [1.82, 2.24) is 0 Å². The number of carbonyl (C=O) groups is 1. The van der Waals surface area contributed by atoms with Gasteiger partial charge in [-0.3, -0.25) is 14.6 Å². The van der Waals surface area contributed by atoms with Crippen LogP contribution in [-0.4, -0.2) is 32.0 Å². The number of piperidine rings is 2. The number of aryl methyl sites for hydroxylation is 1. The van der Waals surface area contributed by atoms with Crippen LogP contribution in [0.15, 0.2) is 24.3 Å². The first kappa shape index (κ1) is 17.2. The Balaban J connectivity index is 1.69. The maximum absolute atomic E-state index is 13.5. The van der Waals surface area contributed by atoms with Crippen molar-refractivity contribution in [3.8, 4) is 0 Å². The fourth-order valence-electron chi connectivity index (χ4n) is 6.52. The highest BCUT2D eigenvalue weighted by Gasteiger charge is 2.70. The third-order valence-corrected chi connectivity index (χ3v) is 7.22. The van der Waals surface area contributed by atoms with Crippen LogP contribution in [-0.2, 0) is 11.2 Å². The van der Waals surface area contributed by atoms with Gasteiger partial charge in [-0.2, -0.15) is 0 Å². The summed E-state index contributed by atoms with van der Waals surface area (Å²) < 4.78 is 0. The molecule has 0 saturated carbocycles. The van der Waals surface area contributed by atoms with E-state index in [-0.39, 0.29) is 10.8 Å². The summed E-state index contributed by atoms with van der Waals surface area (Å²) in [6.07, 6.45) is 6.08. The summed E-state index contributed by atoms with van der Waals surface area (Å²) in [4.78, 5) is 16.9. The number of ketones is 1. The highest BCUT2D eigenvalue weighted by Crippen LogP contribution is 2.42. The molecule has 1 aromatic rings. The quantitative estimate of drug-likeness (QED) is 0.798. The molecule has 4 fully saturated rings. The van der Waals surface area contributed by atoms with Crippen LogP contribution in [0, 0.1) is 10.8 Å². The van der Waals surface area contributed by atoms with Crippen molar-refractivity contribution in [2.24, 2.45) is 10.8 Å². The maximum Gasteiger partial charge on any atom is 0.240 e. The Morgan fingerprint density at radius 1 is 0.880 bits per heavy atom. The molecular formula is C22H34N2O+2. The minimum absolute atomic E-state index is 0.0368. The molecule has 4 bridgehead atoms. The number of rotatable bonds is 6. The number of hydrogen-bond donors (Lipinski definition) is 2. The van der Waals surface area contributed by atoms with E-state index in [2.05, 4.69) is 45.0 Å². The molecule has 5 rings (SSSR count). The molecule has 3 heteroatoms. The van der Waals surface area contributed by atoms with E-state index in [1.54, 1.807) is 9.80 Å². The zero-order valence-electron chi connectivity index (χ0n) is 16.2. The summed E-state index contributed by atoms with van der Waals surface area (Å²) in [5, 5.41) is 0. The van der Waals surface area contributed by atoms with E-state index >= 15 is 0 Å². The van der Waals surface area contributed by atoms with Crippen LogP contribution in [0.2, 0.25) is 0 Å². The van der Waals surface area contributed by atoms with Crippen LogP contribution < -0.4 is 9.80 Å². The molecule has 0 aromatic heterocycles. The SMILES string of the molecule is CCCC12C[NH+]3CC(CCC)(C[NH+](C1)C3c1ccc(CC)cc1)C2=O. The number of hydrogen-bond acceptors (Lipinski definition) is 1. The van der Waals surface area contributed by atoms with Gasteiger partial charge in [0, 0.05) is 0 Å². The van der Waals surface area contributed by atoms with E-state index in [4.69, 9.17) is 0 Å². The summed E-state index contributed by atoms with van der Waals surface area (Å²) in [6.45, 7) is 11.0. The zero-order valence-corrected chi connectivity index (χ0v) is 16.2. The third-order valence-electron chi connectivity index (χ3n) is 7.22. The van der Waals surface area contributed by atoms with Gasteiger partial charge < -0.3 is 0 Å². The Bertz CT molecular complexity index is 606. The summed E-state index contributed by atoms with van der Waals surface area (Å²) in [7, 11) is 0. The molecule has 0 spiro atoms. The van der Waals surface area contributed by atoms with Crippen molar-refractivity contribution in [3.63, 3.8) is 0 Å². The number of carbonyl (C=O) groups excluding carboxylic acids is 1. The molecule has 0 amide bonds. The van der Waals surface area contributed by atoms with Crippen molar-refractivity contribution in [2.75, 3.05) is 26.2 Å². The Labute approximate surface area is 152 Å². The highest BCUT2D eigenvalue weighted by atomic mass is 16.1. The van der Waals surface area contributed by atoms with Crippen molar-refractivity contribution in [1.29, 1.82) is 0 Å². The molecule has 0 unspecified atom stereocenters. The molecule has 4 aliphatic rings. The molecule has 4 aliphatic heterocycles. The van der Waals surface area contributed by atoms with Gasteiger partial charge in [0.05, 0.1) is 5.56 Å². The van der Waals surface area contributed by atoms with Gasteiger partial charge in [-0.15, -0.1) is 0 Å². The molecule has 0 aliphatic carbocycles. The van der Waals surface area contributed by atoms with Crippen molar-refractivity contribution in [3.05, 3.63) is 35.4 Å². The monoisotopic (exact) mass is 342 g/mol. The van der Waals surface area contributed by atoms with Gasteiger partial charge in [-0.05, 0) is 37.0 Å². The second-order valence-electron chi connectivity index (χ2n) is 8.94. The van der Waals surface area contributed by atoms with E-state index in [0.29, 0.717) is 11.9 Å². The lowest BCUT2D eigenvalue weighted by Crippen LogP contribution is -3.41. The molecule has 25 heavy (non-hydrogen) atoms. The average Bonchev–Trinajstić information content (AvgIpc) is 2.60. The largest absolute Gasteiger partial charge is 0.297 e. The standard InChI is InChI=1S/C22H32N2O/c1-4-11-21-13-23-15-22(12-5-2,20(21)25)16-24(14-21)19(23)18-9-7-17(6-3)8-10-18/h7-10,19H,4-6,11-16H2,1-3H3/p+2. The lowest BCUT2D eigenvalue weighted by molar-refractivity contribution is -1.18. The lowest BCUT2D eigenvalue weighted by Gasteiger charge is -2.60. The minimum Gasteiger partial charge on any atom is -0.297 e. The van der Waals surface area contributed by atoms with Gasteiger partial charge >= 0.3 is 0 Å². The second-order valence-corrected chi connectivity index (χ2v) is 8.94. The predicted octanol–water partition coefficient (Wildman–Crippen LogP) is 1.20. The number of nitrogens with one attached hydrogen (secondary N) is 2. The van der Waals surface area contributed by atoms with Crippen LogP contribution in [0.5, 0.6) is 0 Å². The van der Waals surface area contributed by atoms with Gasteiger partial charge in [0.1, 0.15) is 37.0 Å². The van der Waals surface area contributed by atoms with Crippen LogP contribution in [0.1, 0.15) is 63.7 Å². The predicted molar refractivity (Wildman–Crippen MR) is 99.6 cm³/mol. The van der Waals surface area contributed by atoms with Crippen LogP contribution in [0.4, 0.5) is 0 Å². The molecule has 1 aromatic carbocycles. The molecule has 3 nitrogen and oxygen atoms in total. The van der Waals surface area contributed by atoms with Gasteiger partial charge in [0.2, 0.25) is 6.17 Å². The molecule has 0 atom stereocenters. The van der Waals surface area contributed by atoms with Gasteiger partial charge in [-0.1, -0.05) is 45.7 Å². The van der Waals surface area contributed by atoms with Gasteiger partial charge in [-0.25, -0.2) is 0 Å². The fraction of sp³-hybridized carbons (Fsp3) is 0.682. The molecule has 4 heterocycles. The van der Waals surface area contributed by atoms with Crippen LogP contribution >= 0.6 is 0 Å². The Morgan fingerprint density at radius 2 is 1.36 bits per heavy atom. The molecular weight excluding hydrogens is 308 g/mol. The van der Waals surface area contributed by atoms with Crippen LogP contribution in [0.3, 0.4) is 0 Å². The van der Waals surface area contributed by atoms with E-state index in [9.17, 15) is 4.79 Å². The molecule has 136 valence electrons. The Hall–Kier alpha value is -1.19. The summed E-state index contributed by atoms with van der Waals surface area (Å²) >= 11 is 0. The summed E-state index contributed by atoms with van der Waals surface area (Å²) in [6, 6.07) is 9.31. The summed E-state index contributed by atoms with van der Waals surface area (Å²) in [5.74, 6) is 0.635. The Morgan fingerprint density at radius 3 is 1.76 bits per heavy atom. The van der Waals surface area contributed by atoms with Crippen LogP contribution in [0.25, 0.3) is 0 Å². The minimum atomic E-state index is -0.0368. The Kier molecular flexibility index (Phi) is 4.28. The number of Topliss-reactive ketones (excluding diaryl/α,β-unsaturated/α-hetero) is 1. The van der Waals surface area contributed by atoms with E-state index < -0.39 is 0 Å². The number of benzene rings is 1. The molecule has 2 N–H and O–H groups in total. The van der Waals surface area contributed by atoms with Gasteiger partial charge in [0.25, 0.3) is 0 Å².